The van der Waals surface area contributed by atoms with E-state index in [1.165, 1.54) is 24.3 Å². The SMILES string of the molecule is CC[C@@H](C)NS(=O)(=O)c1ccc(C(=O)NNc2ccnc3cc(Cl)ccc23)cc1. The van der Waals surface area contributed by atoms with Gasteiger partial charge in [0.2, 0.25) is 10.0 Å². The van der Waals surface area contributed by atoms with Gasteiger partial charge in [0, 0.05) is 28.2 Å². The molecule has 0 bridgehead atoms. The number of hydrogen-bond donors (Lipinski definition) is 3. The number of nitrogens with one attached hydrogen (secondary N) is 3. The van der Waals surface area contributed by atoms with Crippen molar-refractivity contribution in [2.75, 3.05) is 5.43 Å². The average Bonchev–Trinajstić information content (AvgIpc) is 2.71. The average molecular weight is 433 g/mol. The van der Waals surface area contributed by atoms with Crippen molar-refractivity contribution in [1.29, 1.82) is 0 Å². The predicted molar refractivity (Wildman–Crippen MR) is 114 cm³/mol. The van der Waals surface area contributed by atoms with E-state index in [4.69, 9.17) is 11.6 Å². The van der Waals surface area contributed by atoms with Crippen molar-refractivity contribution >= 4 is 44.1 Å². The lowest BCUT2D eigenvalue weighted by Crippen LogP contribution is -2.32. The number of nitrogens with zero attached hydrogens (tertiary/aromatic N) is 1. The van der Waals surface area contributed by atoms with E-state index in [0.717, 1.165) is 5.39 Å². The molecular formula is C20H21ClN4O3S. The standard InChI is InChI=1S/C20H21ClN4O3S/c1-3-13(2)25-29(27,28)16-7-4-14(5-8-16)20(26)24-23-18-10-11-22-19-12-15(21)6-9-17(18)19/h4-13,25H,3H2,1-2H3,(H,22,23)(H,24,26)/t13-/m1/s1. The van der Waals surface area contributed by atoms with Gasteiger partial charge in [-0.05, 0) is 61.9 Å². The van der Waals surface area contributed by atoms with Gasteiger partial charge in [0.1, 0.15) is 0 Å². The quantitative estimate of drug-likeness (QED) is 0.494. The summed E-state index contributed by atoms with van der Waals surface area (Å²) in [5.74, 6) is -0.400. The number of hydrogen-bond acceptors (Lipinski definition) is 5. The van der Waals surface area contributed by atoms with Gasteiger partial charge in [0.05, 0.1) is 16.1 Å². The Balaban J connectivity index is 1.71. The molecule has 2 aromatic carbocycles. The fourth-order valence-corrected chi connectivity index (χ4v) is 4.12. The van der Waals surface area contributed by atoms with Crippen LogP contribution in [0.4, 0.5) is 5.69 Å². The number of fused-ring (bicyclic) bond motifs is 1. The number of benzene rings is 2. The van der Waals surface area contributed by atoms with Crippen LogP contribution in [0.25, 0.3) is 10.9 Å². The Bertz CT molecular complexity index is 1130. The third-order valence-corrected chi connectivity index (χ3v) is 6.25. The minimum atomic E-state index is -3.61. The molecule has 152 valence electrons. The molecule has 0 fully saturated rings. The van der Waals surface area contributed by atoms with E-state index in [1.807, 2.05) is 13.0 Å². The molecule has 3 aromatic rings. The number of aromatic nitrogens is 1. The van der Waals surface area contributed by atoms with E-state index in [-0.39, 0.29) is 10.9 Å². The summed E-state index contributed by atoms with van der Waals surface area (Å²) in [4.78, 5) is 16.8. The van der Waals surface area contributed by atoms with E-state index in [2.05, 4.69) is 20.6 Å². The van der Waals surface area contributed by atoms with Gasteiger partial charge in [-0.15, -0.1) is 0 Å². The molecule has 0 radical (unpaired) electrons. The van der Waals surface area contributed by atoms with Crippen LogP contribution < -0.4 is 15.6 Å². The highest BCUT2D eigenvalue weighted by Gasteiger charge is 2.17. The van der Waals surface area contributed by atoms with Crippen molar-refractivity contribution in [1.82, 2.24) is 15.1 Å². The maximum absolute atomic E-state index is 12.4. The molecule has 3 N–H and O–H groups in total. The number of carbonyl (C=O) groups is 1. The lowest BCUT2D eigenvalue weighted by molar-refractivity contribution is 0.0962. The molecule has 1 atom stereocenters. The molecule has 1 aromatic heterocycles. The normalized spacial score (nSPS) is 12.5. The lowest BCUT2D eigenvalue weighted by atomic mass is 10.2. The first-order valence-electron chi connectivity index (χ1n) is 9.03. The fourth-order valence-electron chi connectivity index (χ4n) is 2.63. The number of rotatable bonds is 7. The summed E-state index contributed by atoms with van der Waals surface area (Å²) >= 11 is 5.98. The smallest absolute Gasteiger partial charge is 0.269 e. The van der Waals surface area contributed by atoms with E-state index < -0.39 is 15.9 Å². The maximum Gasteiger partial charge on any atom is 0.269 e. The van der Waals surface area contributed by atoms with Crippen LogP contribution in [0.1, 0.15) is 30.6 Å². The Morgan fingerprint density at radius 2 is 1.86 bits per heavy atom. The molecule has 0 unspecified atom stereocenters. The monoisotopic (exact) mass is 432 g/mol. The number of carbonyl (C=O) groups excluding carboxylic acids is 1. The highest BCUT2D eigenvalue weighted by atomic mass is 35.5. The van der Waals surface area contributed by atoms with E-state index in [0.29, 0.717) is 28.2 Å². The third kappa shape index (κ3) is 5.03. The summed E-state index contributed by atoms with van der Waals surface area (Å²) in [5, 5.41) is 1.37. The minimum Gasteiger partial charge on any atom is -0.298 e. The lowest BCUT2D eigenvalue weighted by Gasteiger charge is -2.13. The second kappa shape index (κ2) is 8.77. The molecule has 7 nitrogen and oxygen atoms in total. The topological polar surface area (TPSA) is 100 Å². The molecule has 0 aliphatic rings. The highest BCUT2D eigenvalue weighted by Crippen LogP contribution is 2.23. The van der Waals surface area contributed by atoms with Crippen LogP contribution in [-0.2, 0) is 10.0 Å². The predicted octanol–water partition coefficient (Wildman–Crippen LogP) is 3.72. The van der Waals surface area contributed by atoms with Gasteiger partial charge in [0.25, 0.3) is 5.91 Å². The number of halogens is 1. The minimum absolute atomic E-state index is 0.110. The van der Waals surface area contributed by atoms with Crippen LogP contribution in [0.15, 0.2) is 59.6 Å². The largest absolute Gasteiger partial charge is 0.298 e. The zero-order valence-electron chi connectivity index (χ0n) is 15.9. The maximum atomic E-state index is 12.4. The van der Waals surface area contributed by atoms with E-state index in [1.54, 1.807) is 31.3 Å². The van der Waals surface area contributed by atoms with E-state index >= 15 is 0 Å². The number of sulfonamides is 1. The third-order valence-electron chi connectivity index (χ3n) is 4.41. The van der Waals surface area contributed by atoms with Crippen LogP contribution >= 0.6 is 11.6 Å². The van der Waals surface area contributed by atoms with Crippen molar-refractivity contribution in [2.45, 2.75) is 31.2 Å². The van der Waals surface area contributed by atoms with Crippen LogP contribution in [0.2, 0.25) is 5.02 Å². The van der Waals surface area contributed by atoms with E-state index in [9.17, 15) is 13.2 Å². The first-order chi connectivity index (χ1) is 13.8. The summed E-state index contributed by atoms with van der Waals surface area (Å²) in [5.41, 5.74) is 7.16. The Morgan fingerprint density at radius 3 is 2.55 bits per heavy atom. The number of pyridine rings is 1. The molecule has 0 spiro atoms. The Morgan fingerprint density at radius 1 is 1.14 bits per heavy atom. The molecule has 1 amide bonds. The summed E-state index contributed by atoms with van der Waals surface area (Å²) in [7, 11) is -3.61. The summed E-state index contributed by atoms with van der Waals surface area (Å²) in [6.07, 6.45) is 2.29. The van der Waals surface area contributed by atoms with Crippen molar-refractivity contribution < 1.29 is 13.2 Å². The van der Waals surface area contributed by atoms with Gasteiger partial charge in [-0.1, -0.05) is 18.5 Å². The fraction of sp³-hybridized carbons (Fsp3) is 0.200. The van der Waals surface area contributed by atoms with Crippen molar-refractivity contribution in [2.24, 2.45) is 0 Å². The molecule has 0 aliphatic heterocycles. The number of amides is 1. The van der Waals surface area contributed by atoms with Crippen LogP contribution in [-0.4, -0.2) is 25.4 Å². The molecular weight excluding hydrogens is 412 g/mol. The Kier molecular flexibility index (Phi) is 6.36. The second-order valence-electron chi connectivity index (χ2n) is 6.55. The van der Waals surface area contributed by atoms with Crippen molar-refractivity contribution in [3.63, 3.8) is 0 Å². The molecule has 29 heavy (non-hydrogen) atoms. The first-order valence-corrected chi connectivity index (χ1v) is 10.9. The van der Waals surface area contributed by atoms with Gasteiger partial charge < -0.3 is 0 Å². The molecule has 9 heteroatoms. The molecule has 0 saturated carbocycles. The van der Waals surface area contributed by atoms with Crippen molar-refractivity contribution in [3.8, 4) is 0 Å². The van der Waals surface area contributed by atoms with Crippen LogP contribution in [0.5, 0.6) is 0 Å². The van der Waals surface area contributed by atoms with Gasteiger partial charge in [0.15, 0.2) is 0 Å². The van der Waals surface area contributed by atoms with Gasteiger partial charge >= 0.3 is 0 Å². The van der Waals surface area contributed by atoms with Crippen molar-refractivity contribution in [3.05, 3.63) is 65.3 Å². The number of anilines is 1. The first kappa shape index (κ1) is 21.0. The van der Waals surface area contributed by atoms with Crippen LogP contribution in [0.3, 0.4) is 0 Å². The number of hydrazine groups is 1. The zero-order valence-corrected chi connectivity index (χ0v) is 17.5. The molecule has 0 saturated heterocycles. The van der Waals surface area contributed by atoms with Gasteiger partial charge in [-0.25, -0.2) is 13.1 Å². The van der Waals surface area contributed by atoms with Gasteiger partial charge in [-0.3, -0.25) is 20.6 Å². The zero-order chi connectivity index (χ0) is 21.0. The Labute approximate surface area is 174 Å². The molecule has 0 aliphatic carbocycles. The molecule has 1 heterocycles. The summed E-state index contributed by atoms with van der Waals surface area (Å²) in [6, 6.07) is 12.6. The second-order valence-corrected chi connectivity index (χ2v) is 8.70. The summed E-state index contributed by atoms with van der Waals surface area (Å²) in [6.45, 7) is 3.69. The van der Waals surface area contributed by atoms with Crippen LogP contribution in [0, 0.1) is 0 Å². The summed E-state index contributed by atoms with van der Waals surface area (Å²) < 4.78 is 27.2. The Hall–Kier alpha value is -2.68. The van der Waals surface area contributed by atoms with Gasteiger partial charge in [-0.2, -0.15) is 0 Å². The molecule has 3 rings (SSSR count). The highest BCUT2D eigenvalue weighted by molar-refractivity contribution is 7.89.